The van der Waals surface area contributed by atoms with Gasteiger partial charge < -0.3 is 9.47 Å². The summed E-state index contributed by atoms with van der Waals surface area (Å²) >= 11 is 9.27. The molecule has 3 aromatic carbocycles. The van der Waals surface area contributed by atoms with Crippen LogP contribution in [0, 0.1) is 0 Å². The number of aliphatic imine (C=N–C) groups is 1. The molecule has 144 valence electrons. The number of benzene rings is 3. The minimum atomic E-state index is -0.467. The van der Waals surface area contributed by atoms with E-state index in [-0.39, 0.29) is 5.70 Å². The van der Waals surface area contributed by atoms with Crippen molar-refractivity contribution in [3.05, 3.63) is 105 Å². The zero-order valence-electron chi connectivity index (χ0n) is 15.1. The van der Waals surface area contributed by atoms with Gasteiger partial charge in [0.05, 0.1) is 0 Å². The van der Waals surface area contributed by atoms with Crippen LogP contribution in [-0.4, -0.2) is 11.9 Å². The van der Waals surface area contributed by atoms with Gasteiger partial charge in [-0.3, -0.25) is 0 Å². The maximum absolute atomic E-state index is 12.1. The van der Waals surface area contributed by atoms with Crippen molar-refractivity contribution in [1.82, 2.24) is 0 Å². The zero-order chi connectivity index (χ0) is 20.2. The van der Waals surface area contributed by atoms with E-state index in [1.165, 1.54) is 0 Å². The van der Waals surface area contributed by atoms with Crippen LogP contribution in [0.5, 0.6) is 5.75 Å². The Morgan fingerprint density at radius 1 is 0.966 bits per heavy atom. The first-order chi connectivity index (χ1) is 14.1. The molecule has 1 heterocycles. The molecule has 3 aromatic rings. The van der Waals surface area contributed by atoms with Gasteiger partial charge >= 0.3 is 5.97 Å². The first-order valence-corrected chi connectivity index (χ1v) is 10.00. The van der Waals surface area contributed by atoms with Gasteiger partial charge in [0, 0.05) is 15.1 Å². The Morgan fingerprint density at radius 2 is 1.66 bits per heavy atom. The highest BCUT2D eigenvalue weighted by atomic mass is 79.9. The van der Waals surface area contributed by atoms with Gasteiger partial charge in [-0.05, 0) is 65.7 Å². The molecule has 1 aliphatic rings. The smallest absolute Gasteiger partial charge is 0.363 e. The van der Waals surface area contributed by atoms with Gasteiger partial charge in [0.15, 0.2) is 5.70 Å². The molecule has 0 fully saturated rings. The van der Waals surface area contributed by atoms with Crippen molar-refractivity contribution in [2.75, 3.05) is 0 Å². The molecule has 0 unspecified atom stereocenters. The standard InChI is InChI=1S/C23H15BrClNO3/c24-18-7-5-17(6-8-18)22-26-21(23(27)29-22)13-15-3-11-20(12-4-15)28-14-16-1-9-19(25)10-2-16/h1-13H,14H2/b21-13-. The first-order valence-electron chi connectivity index (χ1n) is 8.83. The van der Waals surface area contributed by atoms with Crippen molar-refractivity contribution in [2.24, 2.45) is 4.99 Å². The summed E-state index contributed by atoms with van der Waals surface area (Å²) in [6.45, 7) is 0.449. The number of cyclic esters (lactones) is 1. The number of carbonyl (C=O) groups is 1. The lowest BCUT2D eigenvalue weighted by Crippen LogP contribution is -2.05. The molecule has 0 aliphatic carbocycles. The topological polar surface area (TPSA) is 47.9 Å². The third kappa shape index (κ3) is 4.94. The Morgan fingerprint density at radius 3 is 2.34 bits per heavy atom. The Labute approximate surface area is 181 Å². The van der Waals surface area contributed by atoms with E-state index in [4.69, 9.17) is 21.1 Å². The van der Waals surface area contributed by atoms with E-state index in [0.29, 0.717) is 17.5 Å². The van der Waals surface area contributed by atoms with Crippen LogP contribution in [0.25, 0.3) is 6.08 Å². The molecule has 0 saturated carbocycles. The number of rotatable bonds is 5. The molecule has 0 aromatic heterocycles. The number of esters is 1. The number of ether oxygens (including phenoxy) is 2. The van der Waals surface area contributed by atoms with E-state index in [1.807, 2.05) is 72.8 Å². The summed E-state index contributed by atoms with van der Waals surface area (Å²) in [5.41, 5.74) is 2.87. The second-order valence-corrected chi connectivity index (χ2v) is 7.68. The van der Waals surface area contributed by atoms with E-state index < -0.39 is 5.97 Å². The van der Waals surface area contributed by atoms with E-state index in [9.17, 15) is 4.79 Å². The third-order valence-electron chi connectivity index (χ3n) is 4.21. The van der Waals surface area contributed by atoms with E-state index in [1.54, 1.807) is 6.08 Å². The highest BCUT2D eigenvalue weighted by molar-refractivity contribution is 9.10. The van der Waals surface area contributed by atoms with Gasteiger partial charge in [-0.2, -0.15) is 0 Å². The molecule has 1 aliphatic heterocycles. The van der Waals surface area contributed by atoms with Crippen molar-refractivity contribution < 1.29 is 14.3 Å². The fraction of sp³-hybridized carbons (Fsp3) is 0.0435. The molecule has 0 radical (unpaired) electrons. The van der Waals surface area contributed by atoms with Gasteiger partial charge in [0.25, 0.3) is 0 Å². The van der Waals surface area contributed by atoms with Crippen LogP contribution in [0.4, 0.5) is 0 Å². The van der Waals surface area contributed by atoms with Gasteiger partial charge in [-0.1, -0.05) is 51.8 Å². The molecular formula is C23H15BrClNO3. The normalized spacial score (nSPS) is 14.6. The molecule has 29 heavy (non-hydrogen) atoms. The number of hydrogen-bond acceptors (Lipinski definition) is 4. The van der Waals surface area contributed by atoms with Gasteiger partial charge in [0.2, 0.25) is 5.90 Å². The summed E-state index contributed by atoms with van der Waals surface area (Å²) < 4.78 is 12.0. The lowest BCUT2D eigenvalue weighted by atomic mass is 10.2. The van der Waals surface area contributed by atoms with Crippen molar-refractivity contribution in [1.29, 1.82) is 0 Å². The van der Waals surface area contributed by atoms with Crippen LogP contribution >= 0.6 is 27.5 Å². The third-order valence-corrected chi connectivity index (χ3v) is 4.99. The van der Waals surface area contributed by atoms with Crippen LogP contribution in [0.15, 0.2) is 88.0 Å². The molecule has 4 nitrogen and oxygen atoms in total. The van der Waals surface area contributed by atoms with Crippen LogP contribution in [-0.2, 0) is 16.1 Å². The van der Waals surface area contributed by atoms with Crippen LogP contribution < -0.4 is 4.74 Å². The number of halogens is 2. The molecule has 0 N–H and O–H groups in total. The Hall–Kier alpha value is -2.89. The number of carbonyl (C=O) groups excluding carboxylic acids is 1. The SMILES string of the molecule is O=C1OC(c2ccc(Br)cc2)=N/C1=C\c1ccc(OCc2ccc(Cl)cc2)cc1. The van der Waals surface area contributed by atoms with Crippen molar-refractivity contribution in [2.45, 2.75) is 6.61 Å². The molecule has 0 atom stereocenters. The monoisotopic (exact) mass is 467 g/mol. The van der Waals surface area contributed by atoms with Crippen molar-refractivity contribution >= 4 is 45.5 Å². The summed E-state index contributed by atoms with van der Waals surface area (Å²) in [6, 6.07) is 22.4. The summed E-state index contributed by atoms with van der Waals surface area (Å²) in [7, 11) is 0. The number of nitrogens with zero attached hydrogens (tertiary/aromatic N) is 1. The molecule has 4 rings (SSSR count). The zero-order valence-corrected chi connectivity index (χ0v) is 17.5. The fourth-order valence-corrected chi connectivity index (χ4v) is 3.08. The lowest BCUT2D eigenvalue weighted by Gasteiger charge is -2.06. The van der Waals surface area contributed by atoms with Crippen LogP contribution in [0.2, 0.25) is 5.02 Å². The average molecular weight is 469 g/mol. The molecule has 6 heteroatoms. The molecular weight excluding hydrogens is 454 g/mol. The second kappa shape index (κ2) is 8.64. The summed E-state index contributed by atoms with van der Waals surface area (Å²) in [6.07, 6.45) is 1.69. The molecule has 0 amide bonds. The lowest BCUT2D eigenvalue weighted by molar-refractivity contribution is -0.129. The van der Waals surface area contributed by atoms with E-state index >= 15 is 0 Å². The Kier molecular flexibility index (Phi) is 5.79. The Balaban J connectivity index is 1.44. The van der Waals surface area contributed by atoms with Crippen LogP contribution in [0.3, 0.4) is 0 Å². The van der Waals surface area contributed by atoms with Gasteiger partial charge in [0.1, 0.15) is 12.4 Å². The Bertz CT molecular complexity index is 1090. The maximum Gasteiger partial charge on any atom is 0.363 e. The van der Waals surface area contributed by atoms with E-state index in [2.05, 4.69) is 20.9 Å². The maximum atomic E-state index is 12.1. The van der Waals surface area contributed by atoms with Crippen LogP contribution in [0.1, 0.15) is 16.7 Å². The minimum absolute atomic E-state index is 0.262. The van der Waals surface area contributed by atoms with E-state index in [0.717, 1.165) is 26.9 Å². The quantitative estimate of drug-likeness (QED) is 0.339. The second-order valence-electron chi connectivity index (χ2n) is 6.33. The molecule has 0 spiro atoms. The number of hydrogen-bond donors (Lipinski definition) is 0. The molecule has 0 bridgehead atoms. The predicted molar refractivity (Wildman–Crippen MR) is 117 cm³/mol. The summed E-state index contributed by atoms with van der Waals surface area (Å²) in [5.74, 6) is 0.567. The molecule has 0 saturated heterocycles. The highest BCUT2D eigenvalue weighted by Crippen LogP contribution is 2.22. The van der Waals surface area contributed by atoms with Crippen molar-refractivity contribution in [3.8, 4) is 5.75 Å². The predicted octanol–water partition coefficient (Wildman–Crippen LogP) is 6.03. The summed E-state index contributed by atoms with van der Waals surface area (Å²) in [4.78, 5) is 16.4. The minimum Gasteiger partial charge on any atom is -0.489 e. The van der Waals surface area contributed by atoms with Crippen molar-refractivity contribution in [3.63, 3.8) is 0 Å². The summed E-state index contributed by atoms with van der Waals surface area (Å²) in [5, 5.41) is 0.697. The average Bonchev–Trinajstić information content (AvgIpc) is 3.09. The fourth-order valence-electron chi connectivity index (χ4n) is 2.69. The largest absolute Gasteiger partial charge is 0.489 e. The highest BCUT2D eigenvalue weighted by Gasteiger charge is 2.24. The van der Waals surface area contributed by atoms with Gasteiger partial charge in [-0.15, -0.1) is 0 Å². The van der Waals surface area contributed by atoms with Gasteiger partial charge in [-0.25, -0.2) is 9.79 Å². The first kappa shape index (κ1) is 19.4.